The molecule has 0 radical (unpaired) electrons. The number of carbonyl (C=O) groups excluding carboxylic acids is 1. The number of ether oxygens (including phenoxy) is 2. The first-order chi connectivity index (χ1) is 14.4. The molecule has 30 heavy (non-hydrogen) atoms. The highest BCUT2D eigenvalue weighted by atomic mass is 79.9. The van der Waals surface area contributed by atoms with Gasteiger partial charge in [0, 0.05) is 17.0 Å². The largest absolute Gasteiger partial charge is 0.493 e. The molecular formula is C20H13Br2N3O4S. The van der Waals surface area contributed by atoms with Crippen LogP contribution in [0, 0.1) is 0 Å². The lowest BCUT2D eigenvalue weighted by atomic mass is 10.2. The van der Waals surface area contributed by atoms with Gasteiger partial charge in [0.2, 0.25) is 4.96 Å². The number of nitrogens with zero attached hydrogens (tertiary/aromatic N) is 3. The zero-order chi connectivity index (χ0) is 21.4. The van der Waals surface area contributed by atoms with E-state index in [2.05, 4.69) is 41.9 Å². The van der Waals surface area contributed by atoms with Crippen LogP contribution < -0.4 is 19.6 Å². The molecule has 0 spiro atoms. The maximum Gasteiger partial charge on any atom is 0.308 e. The van der Waals surface area contributed by atoms with E-state index >= 15 is 0 Å². The third-order valence-corrected chi connectivity index (χ3v) is 6.16. The maximum atomic E-state index is 12.8. The molecule has 0 N–H and O–H groups in total. The number of esters is 1. The first-order valence-corrected chi connectivity index (χ1v) is 11.0. The van der Waals surface area contributed by atoms with Crippen molar-refractivity contribution < 1.29 is 14.3 Å². The minimum Gasteiger partial charge on any atom is -0.493 e. The summed E-state index contributed by atoms with van der Waals surface area (Å²) in [5.41, 5.74) is 1.27. The number of hydrogen-bond donors (Lipinski definition) is 0. The van der Waals surface area contributed by atoms with E-state index in [0.717, 1.165) is 10.0 Å². The Morgan fingerprint density at radius 3 is 2.57 bits per heavy atom. The third kappa shape index (κ3) is 4.03. The van der Waals surface area contributed by atoms with E-state index in [1.54, 1.807) is 18.2 Å². The second-order valence-corrected chi connectivity index (χ2v) is 8.96. The molecule has 0 aliphatic heterocycles. The number of methoxy groups -OCH3 is 1. The average Bonchev–Trinajstić information content (AvgIpc) is 3.24. The van der Waals surface area contributed by atoms with Crippen molar-refractivity contribution >= 4 is 60.2 Å². The predicted octanol–water partition coefficient (Wildman–Crippen LogP) is 3.82. The molecular weight excluding hydrogens is 538 g/mol. The molecule has 152 valence electrons. The van der Waals surface area contributed by atoms with Crippen molar-refractivity contribution in [2.24, 2.45) is 0 Å². The molecule has 4 aromatic rings. The van der Waals surface area contributed by atoms with Gasteiger partial charge in [-0.25, -0.2) is 0 Å². The number of fused-ring (bicyclic) bond motifs is 1. The van der Waals surface area contributed by atoms with E-state index in [1.807, 2.05) is 24.3 Å². The van der Waals surface area contributed by atoms with Gasteiger partial charge in [-0.2, -0.15) is 9.50 Å². The molecule has 0 saturated heterocycles. The maximum absolute atomic E-state index is 12.8. The van der Waals surface area contributed by atoms with Crippen LogP contribution in [0.15, 0.2) is 50.1 Å². The smallest absolute Gasteiger partial charge is 0.308 e. The van der Waals surface area contributed by atoms with Gasteiger partial charge in [0.05, 0.1) is 16.1 Å². The van der Waals surface area contributed by atoms with Gasteiger partial charge in [-0.3, -0.25) is 9.59 Å². The van der Waals surface area contributed by atoms with Crippen LogP contribution in [-0.4, -0.2) is 27.7 Å². The lowest BCUT2D eigenvalue weighted by Crippen LogP contribution is -2.23. The summed E-state index contributed by atoms with van der Waals surface area (Å²) in [5, 5.41) is 4.35. The first-order valence-electron chi connectivity index (χ1n) is 8.59. The summed E-state index contributed by atoms with van der Waals surface area (Å²) in [4.78, 5) is 29.1. The molecule has 0 saturated carbocycles. The molecule has 2 heterocycles. The van der Waals surface area contributed by atoms with E-state index in [1.165, 1.54) is 29.9 Å². The summed E-state index contributed by atoms with van der Waals surface area (Å²) in [6.07, 6.45) is 1.72. The Labute approximate surface area is 191 Å². The molecule has 0 atom stereocenters. The Hall–Kier alpha value is -2.56. The van der Waals surface area contributed by atoms with Crippen LogP contribution in [0.4, 0.5) is 0 Å². The van der Waals surface area contributed by atoms with E-state index in [4.69, 9.17) is 9.47 Å². The Kier molecular flexibility index (Phi) is 5.72. The molecule has 0 amide bonds. The zero-order valence-electron chi connectivity index (χ0n) is 15.7. The quantitative estimate of drug-likeness (QED) is 0.284. The highest BCUT2D eigenvalue weighted by molar-refractivity contribution is 9.10. The second kappa shape index (κ2) is 8.29. The van der Waals surface area contributed by atoms with Crippen LogP contribution in [0.5, 0.6) is 11.5 Å². The Morgan fingerprint density at radius 1 is 1.20 bits per heavy atom. The zero-order valence-corrected chi connectivity index (χ0v) is 19.7. The predicted molar refractivity (Wildman–Crippen MR) is 121 cm³/mol. The Bertz CT molecular complexity index is 1380. The topological polar surface area (TPSA) is 82.8 Å². The van der Waals surface area contributed by atoms with Crippen molar-refractivity contribution in [1.29, 1.82) is 0 Å². The van der Waals surface area contributed by atoms with Gasteiger partial charge in [0.1, 0.15) is 0 Å². The fourth-order valence-electron chi connectivity index (χ4n) is 2.77. The van der Waals surface area contributed by atoms with Gasteiger partial charge < -0.3 is 9.47 Å². The van der Waals surface area contributed by atoms with Crippen LogP contribution in [0.3, 0.4) is 0 Å². The molecule has 7 nitrogen and oxygen atoms in total. The normalized spacial score (nSPS) is 11.8. The first kappa shape index (κ1) is 20.7. The van der Waals surface area contributed by atoms with Gasteiger partial charge in [0.15, 0.2) is 17.3 Å². The summed E-state index contributed by atoms with van der Waals surface area (Å²) in [6, 6.07) is 11.0. The summed E-state index contributed by atoms with van der Waals surface area (Å²) in [6.45, 7) is 1.31. The van der Waals surface area contributed by atoms with Gasteiger partial charge >= 0.3 is 5.97 Å². The number of hydrogen-bond acceptors (Lipinski definition) is 7. The molecule has 2 aromatic heterocycles. The van der Waals surface area contributed by atoms with Crippen LogP contribution in [0.2, 0.25) is 0 Å². The highest BCUT2D eigenvalue weighted by Gasteiger charge is 2.15. The van der Waals surface area contributed by atoms with Crippen LogP contribution in [0.1, 0.15) is 12.5 Å². The van der Waals surface area contributed by atoms with Gasteiger partial charge in [-0.05, 0) is 51.8 Å². The van der Waals surface area contributed by atoms with Gasteiger partial charge in [-0.15, -0.1) is 5.10 Å². The molecule has 0 fully saturated rings. The summed E-state index contributed by atoms with van der Waals surface area (Å²) < 4.78 is 13.8. The van der Waals surface area contributed by atoms with E-state index in [0.29, 0.717) is 31.1 Å². The monoisotopic (exact) mass is 549 g/mol. The van der Waals surface area contributed by atoms with Gasteiger partial charge in [-0.1, -0.05) is 39.4 Å². The van der Waals surface area contributed by atoms with E-state index < -0.39 is 5.97 Å². The lowest BCUT2D eigenvalue weighted by Gasteiger charge is -2.10. The van der Waals surface area contributed by atoms with Crippen molar-refractivity contribution in [2.45, 2.75) is 6.92 Å². The van der Waals surface area contributed by atoms with Crippen molar-refractivity contribution in [3.8, 4) is 22.9 Å². The second-order valence-electron chi connectivity index (χ2n) is 6.18. The van der Waals surface area contributed by atoms with E-state index in [9.17, 15) is 9.59 Å². The number of benzene rings is 2. The molecule has 0 aliphatic carbocycles. The number of halogens is 2. The summed E-state index contributed by atoms with van der Waals surface area (Å²) in [7, 11) is 1.48. The van der Waals surface area contributed by atoms with Crippen molar-refractivity contribution in [3.63, 3.8) is 0 Å². The SMILES string of the molecule is COc1cc(C=c2sc3nc(-c4ccc(Br)cc4)nn3c2=O)cc(Br)c1OC(C)=O. The van der Waals surface area contributed by atoms with Crippen LogP contribution in [-0.2, 0) is 4.79 Å². The molecule has 10 heteroatoms. The standard InChI is InChI=1S/C20H13Br2N3O4S/c1-10(26)29-17-14(22)7-11(8-15(17)28-2)9-16-19(27)25-20(30-16)23-18(24-25)12-3-5-13(21)6-4-12/h3-9H,1-2H3. The van der Waals surface area contributed by atoms with Gasteiger partial charge in [0.25, 0.3) is 5.56 Å². The van der Waals surface area contributed by atoms with Crippen LogP contribution >= 0.6 is 43.2 Å². The lowest BCUT2D eigenvalue weighted by molar-refractivity contribution is -0.132. The highest BCUT2D eigenvalue weighted by Crippen LogP contribution is 2.37. The number of thiazole rings is 1. The van der Waals surface area contributed by atoms with E-state index in [-0.39, 0.29) is 11.3 Å². The minimum atomic E-state index is -0.459. The minimum absolute atomic E-state index is 0.259. The Morgan fingerprint density at radius 2 is 1.93 bits per heavy atom. The third-order valence-electron chi connectivity index (χ3n) is 4.08. The molecule has 0 aliphatic rings. The van der Waals surface area contributed by atoms with Crippen molar-refractivity contribution in [3.05, 3.63) is 65.8 Å². The summed E-state index contributed by atoms with van der Waals surface area (Å²) in [5.74, 6) is 0.689. The average molecular weight is 551 g/mol. The van der Waals surface area contributed by atoms with Crippen molar-refractivity contribution in [2.75, 3.05) is 7.11 Å². The molecule has 2 aromatic carbocycles. The number of carbonyl (C=O) groups is 1. The fraction of sp³-hybridized carbons (Fsp3) is 0.100. The fourth-order valence-corrected chi connectivity index (χ4v) is 4.49. The number of aromatic nitrogens is 3. The number of rotatable bonds is 4. The molecule has 0 bridgehead atoms. The molecule has 4 rings (SSSR count). The van der Waals surface area contributed by atoms with Crippen molar-refractivity contribution in [1.82, 2.24) is 14.6 Å². The van der Waals surface area contributed by atoms with Crippen LogP contribution in [0.25, 0.3) is 22.4 Å². The summed E-state index contributed by atoms with van der Waals surface area (Å²) >= 11 is 8.02. The Balaban J connectivity index is 1.76. The molecule has 0 unspecified atom stereocenters.